The van der Waals surface area contributed by atoms with Gasteiger partial charge in [-0.1, -0.05) is 6.92 Å². The Morgan fingerprint density at radius 3 is 2.75 bits per heavy atom. The van der Waals surface area contributed by atoms with E-state index in [9.17, 15) is 18.7 Å². The van der Waals surface area contributed by atoms with Crippen LogP contribution in [0.3, 0.4) is 0 Å². The summed E-state index contributed by atoms with van der Waals surface area (Å²) in [6.45, 7) is 3.51. The molecular formula is C27H28F2N4O3. The molecule has 9 heteroatoms. The summed E-state index contributed by atoms with van der Waals surface area (Å²) in [5.41, 5.74) is 4.53. The molecule has 0 aliphatic carbocycles. The van der Waals surface area contributed by atoms with E-state index in [1.54, 1.807) is 41.0 Å². The van der Waals surface area contributed by atoms with Gasteiger partial charge < -0.3 is 19.3 Å². The highest BCUT2D eigenvalue weighted by Gasteiger charge is 2.25. The van der Waals surface area contributed by atoms with E-state index in [2.05, 4.69) is 5.10 Å². The molecule has 1 N–H and O–H groups in total. The first kappa shape index (κ1) is 24.0. The van der Waals surface area contributed by atoms with Crippen LogP contribution in [0.5, 0.6) is 0 Å². The van der Waals surface area contributed by atoms with E-state index >= 15 is 0 Å². The minimum absolute atomic E-state index is 0.0415. The van der Waals surface area contributed by atoms with Gasteiger partial charge in [0.2, 0.25) is 0 Å². The van der Waals surface area contributed by atoms with Crippen molar-refractivity contribution in [2.75, 3.05) is 18.1 Å². The van der Waals surface area contributed by atoms with Crippen LogP contribution in [-0.4, -0.2) is 38.6 Å². The summed E-state index contributed by atoms with van der Waals surface area (Å²) in [5.74, 6) is -1.02. The molecule has 3 heterocycles. The number of rotatable bonds is 8. The number of carboxylic acid groups (broad SMARTS) is 1. The van der Waals surface area contributed by atoms with Gasteiger partial charge in [-0.15, -0.1) is 0 Å². The molecule has 0 atom stereocenters. The Bertz CT molecular complexity index is 1430. The summed E-state index contributed by atoms with van der Waals surface area (Å²) >= 11 is 0. The number of carbonyl (C=O) groups is 1. The second-order valence-electron chi connectivity index (χ2n) is 9.08. The van der Waals surface area contributed by atoms with Crippen molar-refractivity contribution >= 4 is 28.2 Å². The van der Waals surface area contributed by atoms with Gasteiger partial charge in [0.05, 0.1) is 17.3 Å². The van der Waals surface area contributed by atoms with E-state index in [0.717, 1.165) is 41.7 Å². The maximum Gasteiger partial charge on any atom is 0.337 e. The number of halogens is 2. The zero-order valence-electron chi connectivity index (χ0n) is 20.2. The first-order chi connectivity index (χ1) is 17.4. The van der Waals surface area contributed by atoms with Crippen molar-refractivity contribution in [3.8, 4) is 11.1 Å². The highest BCUT2D eigenvalue weighted by Crippen LogP contribution is 2.42. The lowest BCUT2D eigenvalue weighted by Crippen LogP contribution is -2.25. The van der Waals surface area contributed by atoms with Gasteiger partial charge in [0, 0.05) is 60.5 Å². The minimum Gasteiger partial charge on any atom is -0.478 e. The van der Waals surface area contributed by atoms with Gasteiger partial charge >= 0.3 is 5.97 Å². The fourth-order valence-electron chi connectivity index (χ4n) is 4.95. The predicted octanol–water partition coefficient (Wildman–Crippen LogP) is 6.15. The predicted molar refractivity (Wildman–Crippen MR) is 134 cm³/mol. The van der Waals surface area contributed by atoms with Crippen molar-refractivity contribution in [2.45, 2.75) is 39.3 Å². The molecule has 0 saturated heterocycles. The number of alkyl halides is 2. The fourth-order valence-corrected chi connectivity index (χ4v) is 4.95. The van der Waals surface area contributed by atoms with E-state index in [-0.39, 0.29) is 17.9 Å². The topological polar surface area (TPSA) is 72.5 Å². The molecule has 0 spiro atoms. The van der Waals surface area contributed by atoms with Crippen molar-refractivity contribution in [3.05, 3.63) is 65.6 Å². The standard InChI is InChI=1S/C27H28F2N4O3/c1-3-9-36-16-32-15-23(27(34)35)21-11-19(6-7-24(21)32)33-8-4-5-17-10-20(18-13-30-31(2)14-18)22(26(28)29)12-25(17)33/h6-7,10-15,26H,3-5,8-9,16H2,1-2H3,(H,34,35). The van der Waals surface area contributed by atoms with E-state index in [0.29, 0.717) is 29.7 Å². The summed E-state index contributed by atoms with van der Waals surface area (Å²) in [4.78, 5) is 14.0. The molecule has 188 valence electrons. The van der Waals surface area contributed by atoms with Crippen LogP contribution in [-0.2, 0) is 24.9 Å². The number of nitrogens with zero attached hydrogens (tertiary/aromatic N) is 4. The summed E-state index contributed by atoms with van der Waals surface area (Å²) in [6.07, 6.45) is 4.78. The lowest BCUT2D eigenvalue weighted by Gasteiger charge is -2.32. The minimum atomic E-state index is -2.65. The van der Waals surface area contributed by atoms with Crippen LogP contribution in [0.2, 0.25) is 0 Å². The highest BCUT2D eigenvalue weighted by molar-refractivity contribution is 6.04. The number of aromatic nitrogens is 3. The third kappa shape index (κ3) is 4.35. The van der Waals surface area contributed by atoms with Gasteiger partial charge in [0.15, 0.2) is 0 Å². The zero-order chi connectivity index (χ0) is 25.4. The highest BCUT2D eigenvalue weighted by atomic mass is 19.3. The normalized spacial score (nSPS) is 13.5. The maximum atomic E-state index is 14.2. The Labute approximate surface area is 207 Å². The van der Waals surface area contributed by atoms with Crippen LogP contribution in [0.15, 0.2) is 48.9 Å². The van der Waals surface area contributed by atoms with Gasteiger partial charge in [-0.05, 0) is 60.7 Å². The van der Waals surface area contributed by atoms with E-state index < -0.39 is 12.4 Å². The second kappa shape index (κ2) is 9.73. The number of ether oxygens (including phenoxy) is 1. The smallest absolute Gasteiger partial charge is 0.337 e. The van der Waals surface area contributed by atoms with Crippen molar-refractivity contribution in [1.82, 2.24) is 14.3 Å². The van der Waals surface area contributed by atoms with Crippen molar-refractivity contribution in [3.63, 3.8) is 0 Å². The van der Waals surface area contributed by atoms with Gasteiger partial charge in [0.25, 0.3) is 6.43 Å². The summed E-state index contributed by atoms with van der Waals surface area (Å²) < 4.78 is 37.4. The molecule has 2 aromatic heterocycles. The monoisotopic (exact) mass is 494 g/mol. The van der Waals surface area contributed by atoms with Crippen molar-refractivity contribution in [2.24, 2.45) is 7.05 Å². The largest absolute Gasteiger partial charge is 0.478 e. The molecule has 7 nitrogen and oxygen atoms in total. The third-order valence-electron chi connectivity index (χ3n) is 6.61. The van der Waals surface area contributed by atoms with E-state index in [1.165, 1.54) is 0 Å². The SMILES string of the molecule is CCCOCn1cc(C(=O)O)c2cc(N3CCCc4cc(-c5cnn(C)c5)c(C(F)F)cc43)ccc21. The summed E-state index contributed by atoms with van der Waals surface area (Å²) in [5, 5.41) is 14.5. The van der Waals surface area contributed by atoms with Crippen LogP contribution < -0.4 is 4.90 Å². The number of hydrogen-bond acceptors (Lipinski definition) is 4. The van der Waals surface area contributed by atoms with Gasteiger partial charge in [0.1, 0.15) is 6.73 Å². The molecule has 0 radical (unpaired) electrons. The lowest BCUT2D eigenvalue weighted by atomic mass is 9.92. The van der Waals surface area contributed by atoms with Crippen molar-refractivity contribution < 1.29 is 23.4 Å². The zero-order valence-corrected chi connectivity index (χ0v) is 20.2. The Morgan fingerprint density at radius 1 is 1.22 bits per heavy atom. The number of aromatic carboxylic acids is 1. The average Bonchev–Trinajstić information content (AvgIpc) is 3.46. The Morgan fingerprint density at radius 2 is 2.06 bits per heavy atom. The number of carboxylic acids is 1. The number of benzene rings is 2. The summed E-state index contributed by atoms with van der Waals surface area (Å²) in [6, 6.07) is 9.05. The molecule has 0 unspecified atom stereocenters. The van der Waals surface area contributed by atoms with Crippen LogP contribution in [0, 0.1) is 0 Å². The van der Waals surface area contributed by atoms with Crippen LogP contribution >= 0.6 is 0 Å². The quantitative estimate of drug-likeness (QED) is 0.298. The number of hydrogen-bond donors (Lipinski definition) is 1. The molecule has 4 aromatic rings. The third-order valence-corrected chi connectivity index (χ3v) is 6.61. The van der Waals surface area contributed by atoms with Crippen LogP contribution in [0.1, 0.15) is 47.7 Å². The Balaban J connectivity index is 1.59. The number of anilines is 2. The molecule has 0 amide bonds. The molecule has 0 bridgehead atoms. The van der Waals surface area contributed by atoms with Gasteiger partial charge in [-0.3, -0.25) is 4.68 Å². The number of fused-ring (bicyclic) bond motifs is 2. The van der Waals surface area contributed by atoms with E-state index in [1.807, 2.05) is 36.1 Å². The fraction of sp³-hybridized carbons (Fsp3) is 0.333. The Hall–Kier alpha value is -3.72. The molecule has 0 fully saturated rings. The number of aryl methyl sites for hydroxylation is 2. The maximum absolute atomic E-state index is 14.2. The molecule has 1 aliphatic rings. The van der Waals surface area contributed by atoms with E-state index in [4.69, 9.17) is 4.74 Å². The first-order valence-corrected chi connectivity index (χ1v) is 12.0. The second-order valence-corrected chi connectivity index (χ2v) is 9.08. The molecule has 1 aliphatic heterocycles. The van der Waals surface area contributed by atoms with Gasteiger partial charge in [-0.2, -0.15) is 5.10 Å². The van der Waals surface area contributed by atoms with Crippen LogP contribution in [0.4, 0.5) is 20.2 Å². The summed E-state index contributed by atoms with van der Waals surface area (Å²) in [7, 11) is 1.76. The molecule has 0 saturated carbocycles. The molecule has 2 aromatic carbocycles. The molecule has 36 heavy (non-hydrogen) atoms. The first-order valence-electron chi connectivity index (χ1n) is 12.0. The van der Waals surface area contributed by atoms with Crippen LogP contribution in [0.25, 0.3) is 22.0 Å². The molecular weight excluding hydrogens is 466 g/mol. The lowest BCUT2D eigenvalue weighted by molar-refractivity contribution is 0.0693. The van der Waals surface area contributed by atoms with Crippen molar-refractivity contribution in [1.29, 1.82) is 0 Å². The molecule has 5 rings (SSSR count). The van der Waals surface area contributed by atoms with Gasteiger partial charge in [-0.25, -0.2) is 13.6 Å². The Kier molecular flexibility index (Phi) is 6.49. The average molecular weight is 495 g/mol.